The first-order chi connectivity index (χ1) is 16.5. The number of nitrogens with zero attached hydrogens (tertiary/aromatic N) is 3. The number of rotatable bonds is 8. The van der Waals surface area contributed by atoms with Gasteiger partial charge in [-0.05, 0) is 65.6 Å². The highest BCUT2D eigenvalue weighted by molar-refractivity contribution is 5.97. The number of carbonyl (C=O) groups is 4. The zero-order valence-corrected chi connectivity index (χ0v) is 23.4. The highest BCUT2D eigenvalue weighted by Crippen LogP contribution is 2.22. The largest absolute Gasteiger partial charge is 0.350 e. The van der Waals surface area contributed by atoms with Gasteiger partial charge in [0.25, 0.3) is 0 Å². The second-order valence-corrected chi connectivity index (χ2v) is 9.93. The maximum Gasteiger partial charge on any atom is 0.249 e. The van der Waals surface area contributed by atoms with Gasteiger partial charge in [0, 0.05) is 19.2 Å². The Morgan fingerprint density at radius 3 is 2.03 bits per heavy atom. The highest BCUT2D eigenvalue weighted by atomic mass is 16.2. The lowest BCUT2D eigenvalue weighted by molar-refractivity contribution is -0.134. The highest BCUT2D eigenvalue weighted by Gasteiger charge is 2.33. The first-order valence-electron chi connectivity index (χ1n) is 13.1. The molecule has 2 atom stereocenters. The third kappa shape index (κ3) is 12.3. The van der Waals surface area contributed by atoms with Crippen molar-refractivity contribution in [3.8, 4) is 0 Å². The SMILES string of the molecule is CC(=O)[C@@H]1CCCN1C(=O)/C(C)=C/[C@H](C(C)C)N(C)C(=O)CNC=O.CCC.CN1CCCCC1. The third-order valence-electron chi connectivity index (χ3n) is 6.18. The topological polar surface area (TPSA) is 90.0 Å². The summed E-state index contributed by atoms with van der Waals surface area (Å²) in [6.07, 6.45) is 9.32. The van der Waals surface area contributed by atoms with Gasteiger partial charge < -0.3 is 20.0 Å². The molecule has 0 radical (unpaired) electrons. The normalized spacial score (nSPS) is 19.1. The van der Waals surface area contributed by atoms with E-state index in [0.29, 0.717) is 24.9 Å². The Morgan fingerprint density at radius 1 is 1.03 bits per heavy atom. The van der Waals surface area contributed by atoms with Crippen LogP contribution in [0.1, 0.15) is 80.1 Å². The molecule has 8 nitrogen and oxygen atoms in total. The molecule has 202 valence electrons. The zero-order chi connectivity index (χ0) is 27.0. The molecule has 2 rings (SSSR count). The van der Waals surface area contributed by atoms with Crippen LogP contribution in [-0.4, -0.2) is 91.1 Å². The van der Waals surface area contributed by atoms with E-state index >= 15 is 0 Å². The molecule has 2 heterocycles. The molecule has 2 saturated heterocycles. The lowest BCUT2D eigenvalue weighted by Gasteiger charge is -2.30. The summed E-state index contributed by atoms with van der Waals surface area (Å²) in [6, 6.07) is -0.618. The van der Waals surface area contributed by atoms with Crippen LogP contribution in [0, 0.1) is 5.92 Å². The molecule has 0 aliphatic carbocycles. The van der Waals surface area contributed by atoms with Crippen LogP contribution < -0.4 is 5.32 Å². The zero-order valence-electron chi connectivity index (χ0n) is 23.4. The molecule has 1 N–H and O–H groups in total. The van der Waals surface area contributed by atoms with Crippen LogP contribution >= 0.6 is 0 Å². The molecule has 35 heavy (non-hydrogen) atoms. The molecule has 2 fully saturated rings. The molecule has 0 aromatic rings. The van der Waals surface area contributed by atoms with E-state index in [1.165, 1.54) is 50.6 Å². The van der Waals surface area contributed by atoms with Crippen molar-refractivity contribution in [3.63, 3.8) is 0 Å². The average molecular weight is 495 g/mol. The monoisotopic (exact) mass is 494 g/mol. The van der Waals surface area contributed by atoms with Gasteiger partial charge in [0.2, 0.25) is 18.2 Å². The maximum absolute atomic E-state index is 12.7. The Hall–Kier alpha value is -2.22. The summed E-state index contributed by atoms with van der Waals surface area (Å²) in [7, 11) is 3.85. The van der Waals surface area contributed by atoms with Crippen LogP contribution in [0.4, 0.5) is 0 Å². The van der Waals surface area contributed by atoms with Crippen molar-refractivity contribution in [1.29, 1.82) is 0 Å². The van der Waals surface area contributed by atoms with Crippen LogP contribution in [0.2, 0.25) is 0 Å². The number of likely N-dealkylation sites (tertiary alicyclic amines) is 2. The van der Waals surface area contributed by atoms with Crippen molar-refractivity contribution in [3.05, 3.63) is 11.6 Å². The molecule has 2 aliphatic rings. The maximum atomic E-state index is 12.7. The number of carbonyl (C=O) groups excluding carboxylic acids is 4. The van der Waals surface area contributed by atoms with Gasteiger partial charge in [-0.2, -0.15) is 0 Å². The molecular weight excluding hydrogens is 444 g/mol. The van der Waals surface area contributed by atoms with E-state index in [9.17, 15) is 19.2 Å². The molecule has 2 aliphatic heterocycles. The number of piperidine rings is 1. The van der Waals surface area contributed by atoms with Crippen molar-refractivity contribution >= 4 is 24.0 Å². The lowest BCUT2D eigenvalue weighted by Crippen LogP contribution is -2.44. The smallest absolute Gasteiger partial charge is 0.249 e. The minimum Gasteiger partial charge on any atom is -0.350 e. The van der Waals surface area contributed by atoms with Crippen LogP contribution in [0.25, 0.3) is 0 Å². The molecule has 0 bridgehead atoms. The van der Waals surface area contributed by atoms with Gasteiger partial charge in [0.1, 0.15) is 0 Å². The van der Waals surface area contributed by atoms with E-state index in [4.69, 9.17) is 0 Å². The summed E-state index contributed by atoms with van der Waals surface area (Å²) < 4.78 is 0. The summed E-state index contributed by atoms with van der Waals surface area (Å²) in [5, 5.41) is 2.36. The minimum absolute atomic E-state index is 0.00583. The Morgan fingerprint density at radius 2 is 1.60 bits per heavy atom. The number of hydrogen-bond donors (Lipinski definition) is 1. The van der Waals surface area contributed by atoms with Crippen molar-refractivity contribution in [1.82, 2.24) is 20.0 Å². The summed E-state index contributed by atoms with van der Waals surface area (Å²) in [6.45, 7) is 14.5. The molecule has 0 unspecified atom stereocenters. The standard InChI is InChI=1S/C18H29N3O4.C6H13N.C3H8/c1-12(2)16(20(5)17(24)10-19-11-22)9-13(3)18(25)21-8-6-7-15(21)14(4)23;1-7-5-3-2-4-6-7;1-3-2/h9,11-12,15-16H,6-8,10H2,1-5H3,(H,19,22);2-6H2,1H3;3H2,1-2H3/b13-9+;;/t15-,16+;;/m0../s1. The van der Waals surface area contributed by atoms with Gasteiger partial charge >= 0.3 is 0 Å². The lowest BCUT2D eigenvalue weighted by atomic mass is 9.99. The van der Waals surface area contributed by atoms with Crippen LogP contribution in [0.3, 0.4) is 0 Å². The Labute approximate surface area is 213 Å². The second-order valence-electron chi connectivity index (χ2n) is 9.93. The molecule has 0 aromatic heterocycles. The number of amides is 3. The third-order valence-corrected chi connectivity index (χ3v) is 6.18. The van der Waals surface area contributed by atoms with Gasteiger partial charge in [-0.25, -0.2) is 0 Å². The quantitative estimate of drug-likeness (QED) is 0.413. The van der Waals surface area contributed by atoms with E-state index in [-0.39, 0.29) is 42.1 Å². The fourth-order valence-electron chi connectivity index (χ4n) is 4.21. The van der Waals surface area contributed by atoms with Gasteiger partial charge in [0.15, 0.2) is 5.78 Å². The van der Waals surface area contributed by atoms with E-state index in [2.05, 4.69) is 31.1 Å². The first kappa shape index (κ1) is 32.8. The molecular formula is C27H50N4O4. The summed E-state index contributed by atoms with van der Waals surface area (Å²) in [5.41, 5.74) is 0.523. The molecule has 0 saturated carbocycles. The van der Waals surface area contributed by atoms with Crippen molar-refractivity contribution in [2.45, 2.75) is 92.2 Å². The van der Waals surface area contributed by atoms with Crippen LogP contribution in [0.5, 0.6) is 0 Å². The number of nitrogens with one attached hydrogen (secondary N) is 1. The van der Waals surface area contributed by atoms with E-state index in [1.807, 2.05) is 13.8 Å². The van der Waals surface area contributed by atoms with Crippen molar-refractivity contribution in [2.24, 2.45) is 5.92 Å². The first-order valence-corrected chi connectivity index (χ1v) is 13.1. The Balaban J connectivity index is 0.000000956. The number of Topliss-reactive ketones (excluding diaryl/α,β-unsaturated/α-hetero) is 1. The predicted molar refractivity (Wildman–Crippen MR) is 142 cm³/mol. The van der Waals surface area contributed by atoms with Crippen molar-refractivity contribution < 1.29 is 19.2 Å². The van der Waals surface area contributed by atoms with Gasteiger partial charge in [-0.3, -0.25) is 19.2 Å². The predicted octanol–water partition coefficient (Wildman–Crippen LogP) is 3.26. The van der Waals surface area contributed by atoms with E-state index < -0.39 is 0 Å². The molecule has 0 aromatic carbocycles. The summed E-state index contributed by atoms with van der Waals surface area (Å²) in [4.78, 5) is 52.5. The number of hydrogen-bond acceptors (Lipinski definition) is 5. The average Bonchev–Trinajstić information content (AvgIpc) is 3.31. The van der Waals surface area contributed by atoms with Crippen molar-refractivity contribution in [2.75, 3.05) is 40.3 Å². The fraction of sp³-hybridized carbons (Fsp3) is 0.778. The minimum atomic E-state index is -0.343. The van der Waals surface area contributed by atoms with Crippen LogP contribution in [-0.2, 0) is 19.2 Å². The molecule has 0 spiro atoms. The molecule has 8 heteroatoms. The number of likely N-dealkylation sites (N-methyl/N-ethyl adjacent to an activating group) is 1. The second kappa shape index (κ2) is 18.1. The summed E-state index contributed by atoms with van der Waals surface area (Å²) >= 11 is 0. The van der Waals surface area contributed by atoms with Gasteiger partial charge in [-0.1, -0.05) is 46.6 Å². The van der Waals surface area contributed by atoms with Crippen LogP contribution in [0.15, 0.2) is 11.6 Å². The van der Waals surface area contributed by atoms with Gasteiger partial charge in [0.05, 0.1) is 18.6 Å². The Bertz CT molecular complexity index is 687. The van der Waals surface area contributed by atoms with E-state index in [0.717, 1.165) is 6.42 Å². The fourth-order valence-corrected chi connectivity index (χ4v) is 4.21. The molecule has 3 amide bonds. The summed E-state index contributed by atoms with van der Waals surface area (Å²) in [5.74, 6) is -0.290. The Kier molecular flexibility index (Phi) is 17.0. The van der Waals surface area contributed by atoms with Gasteiger partial charge in [-0.15, -0.1) is 0 Å². The van der Waals surface area contributed by atoms with E-state index in [1.54, 1.807) is 24.9 Å². The number of ketones is 1.